The second-order valence-electron chi connectivity index (χ2n) is 17.7. The summed E-state index contributed by atoms with van der Waals surface area (Å²) < 4.78 is 8.65. The van der Waals surface area contributed by atoms with Crippen LogP contribution in [-0.2, 0) is 26.5 Å². The van der Waals surface area contributed by atoms with Crippen molar-refractivity contribution in [2.45, 2.75) is 79.4 Å². The minimum Gasteiger partial charge on any atom is -0.486 e. The van der Waals surface area contributed by atoms with Crippen LogP contribution in [0, 0.1) is 29.4 Å². The third-order valence-corrected chi connectivity index (χ3v) is 13.2. The number of aromatic nitrogens is 4. The summed E-state index contributed by atoms with van der Waals surface area (Å²) in [4.78, 5) is 14.3. The Morgan fingerprint density at radius 1 is 0.770 bits per heavy atom. The van der Waals surface area contributed by atoms with Gasteiger partial charge in [0.15, 0.2) is 0 Å². The van der Waals surface area contributed by atoms with Crippen molar-refractivity contribution in [1.82, 2.24) is 19.5 Å². The van der Waals surface area contributed by atoms with Crippen molar-refractivity contribution in [1.29, 1.82) is 5.26 Å². The molecule has 0 aliphatic heterocycles. The van der Waals surface area contributed by atoms with Crippen LogP contribution in [0.15, 0.2) is 120 Å². The molecule has 8 heteroatoms. The number of furan rings is 1. The molecule has 1 radical (unpaired) electrons. The van der Waals surface area contributed by atoms with Gasteiger partial charge in [0.05, 0.1) is 30.5 Å². The molecular formula is C53H51IrN5OSi-2. The standard InChI is InChI=1S/C35H27N4O.C18H24NSi.Ir/c1-20(2)28-18-22-10-5-6-11-24(22)31(21(3)4)32(28)39-30-15-8-7-14-29(30)38-34(39)27-13-9-12-25-26-17-16-23(19-36)37-35(26)40-33(25)27;1-14(2)11-16-12-17(15-9-7-6-8-10-15)19-13-18(16)20(3,4)5;/h5-12,14-18,20-21H,1-4H3;6-9,12-14H,11H2,1-5H3;/q2*-1;. The molecule has 9 rings (SSSR count). The van der Waals surface area contributed by atoms with Crippen LogP contribution in [0.5, 0.6) is 0 Å². The number of nitrogens with zero attached hydrogens (tertiary/aromatic N) is 5. The average Bonchev–Trinajstić information content (AvgIpc) is 3.81. The quantitative estimate of drug-likeness (QED) is 0.112. The van der Waals surface area contributed by atoms with E-state index >= 15 is 0 Å². The molecule has 4 aromatic heterocycles. The number of para-hydroxylation sites is 2. The van der Waals surface area contributed by atoms with E-state index in [0.717, 1.165) is 50.9 Å². The largest absolute Gasteiger partial charge is 0.486 e. The number of nitriles is 1. The van der Waals surface area contributed by atoms with Crippen molar-refractivity contribution in [2.24, 2.45) is 5.92 Å². The van der Waals surface area contributed by atoms with Gasteiger partial charge in [-0.1, -0.05) is 120 Å². The zero-order valence-electron chi connectivity index (χ0n) is 36.4. The van der Waals surface area contributed by atoms with Crippen LogP contribution in [0.4, 0.5) is 0 Å². The number of fused-ring (bicyclic) bond motifs is 5. The van der Waals surface area contributed by atoms with Crippen LogP contribution >= 0.6 is 0 Å². The normalized spacial score (nSPS) is 11.7. The minimum absolute atomic E-state index is 0. The van der Waals surface area contributed by atoms with Gasteiger partial charge >= 0.3 is 0 Å². The molecule has 61 heavy (non-hydrogen) atoms. The van der Waals surface area contributed by atoms with Crippen LogP contribution in [0.3, 0.4) is 0 Å². The van der Waals surface area contributed by atoms with Crippen molar-refractivity contribution >= 4 is 57.1 Å². The van der Waals surface area contributed by atoms with E-state index in [1.165, 1.54) is 38.3 Å². The van der Waals surface area contributed by atoms with Gasteiger partial charge in [-0.05, 0) is 87.3 Å². The van der Waals surface area contributed by atoms with Gasteiger partial charge in [-0.15, -0.1) is 54.1 Å². The van der Waals surface area contributed by atoms with Crippen molar-refractivity contribution in [3.8, 4) is 34.4 Å². The molecule has 9 aromatic rings. The Balaban J connectivity index is 0.000000226. The molecular weight excluding hydrogens is 943 g/mol. The summed E-state index contributed by atoms with van der Waals surface area (Å²) in [5, 5.41) is 15.2. The Morgan fingerprint density at radius 3 is 2.23 bits per heavy atom. The first kappa shape index (κ1) is 43.4. The minimum atomic E-state index is -1.34. The Morgan fingerprint density at radius 2 is 1.52 bits per heavy atom. The van der Waals surface area contributed by atoms with Crippen molar-refractivity contribution in [2.75, 3.05) is 0 Å². The van der Waals surface area contributed by atoms with Gasteiger partial charge in [0.1, 0.15) is 11.8 Å². The van der Waals surface area contributed by atoms with Crippen LogP contribution in [0.1, 0.15) is 75.8 Å². The number of benzene rings is 5. The smallest absolute Gasteiger partial charge is 0.217 e. The monoisotopic (exact) mass is 994 g/mol. The maximum atomic E-state index is 9.39. The molecule has 6 nitrogen and oxygen atoms in total. The second-order valence-corrected chi connectivity index (χ2v) is 22.8. The van der Waals surface area contributed by atoms with E-state index in [-0.39, 0.29) is 31.9 Å². The van der Waals surface area contributed by atoms with Gasteiger partial charge in [-0.3, -0.25) is 4.98 Å². The van der Waals surface area contributed by atoms with Gasteiger partial charge < -0.3 is 14.0 Å². The van der Waals surface area contributed by atoms with E-state index in [4.69, 9.17) is 9.40 Å². The maximum Gasteiger partial charge on any atom is 0.217 e. The predicted octanol–water partition coefficient (Wildman–Crippen LogP) is 13.3. The Kier molecular flexibility index (Phi) is 12.6. The summed E-state index contributed by atoms with van der Waals surface area (Å²) in [6.45, 7) is 20.8. The van der Waals surface area contributed by atoms with E-state index in [0.29, 0.717) is 22.9 Å². The summed E-state index contributed by atoms with van der Waals surface area (Å²) in [6, 6.07) is 46.0. The number of rotatable bonds is 8. The molecule has 0 saturated carbocycles. The molecule has 0 bridgehead atoms. The van der Waals surface area contributed by atoms with Crippen LogP contribution in [-0.4, -0.2) is 27.6 Å². The second kappa shape index (κ2) is 17.7. The summed E-state index contributed by atoms with van der Waals surface area (Å²) in [6.07, 6.45) is 3.24. The molecule has 0 amide bonds. The average molecular weight is 994 g/mol. The van der Waals surface area contributed by atoms with E-state index in [1.807, 2.05) is 42.5 Å². The summed E-state index contributed by atoms with van der Waals surface area (Å²) in [5.74, 6) is 1.99. The first-order valence-electron chi connectivity index (χ1n) is 21.0. The van der Waals surface area contributed by atoms with Gasteiger partial charge in [-0.25, -0.2) is 4.98 Å². The summed E-state index contributed by atoms with van der Waals surface area (Å²) in [7, 11) is -1.34. The maximum absolute atomic E-state index is 9.39. The first-order chi connectivity index (χ1) is 28.8. The summed E-state index contributed by atoms with van der Waals surface area (Å²) >= 11 is 0. The number of hydrogen-bond donors (Lipinski definition) is 0. The zero-order chi connectivity index (χ0) is 42.3. The molecule has 0 aliphatic rings. The van der Waals surface area contributed by atoms with E-state index in [2.05, 4.69) is 161 Å². The Labute approximate surface area is 374 Å². The molecule has 0 atom stereocenters. The van der Waals surface area contributed by atoms with Crippen molar-refractivity contribution in [3.63, 3.8) is 0 Å². The van der Waals surface area contributed by atoms with Gasteiger partial charge in [0.25, 0.3) is 0 Å². The third-order valence-electron chi connectivity index (χ3n) is 11.1. The fraction of sp³-hybridized carbons (Fsp3) is 0.245. The molecule has 5 aromatic carbocycles. The van der Waals surface area contributed by atoms with Crippen LogP contribution < -0.4 is 5.19 Å². The topological polar surface area (TPSA) is 80.5 Å². The van der Waals surface area contributed by atoms with Crippen molar-refractivity contribution < 1.29 is 24.5 Å². The molecule has 0 N–H and O–H groups in total. The fourth-order valence-electron chi connectivity index (χ4n) is 8.41. The summed E-state index contributed by atoms with van der Waals surface area (Å²) in [5.41, 5.74) is 11.5. The molecule has 0 aliphatic carbocycles. The first-order valence-corrected chi connectivity index (χ1v) is 24.5. The number of pyridine rings is 2. The van der Waals surface area contributed by atoms with Gasteiger partial charge in [-0.2, -0.15) is 5.26 Å². The Hall–Kier alpha value is -5.71. The third kappa shape index (κ3) is 8.48. The molecule has 0 unspecified atom stereocenters. The molecule has 4 heterocycles. The van der Waals surface area contributed by atoms with E-state index in [1.54, 1.807) is 6.07 Å². The molecule has 0 saturated heterocycles. The molecule has 0 spiro atoms. The van der Waals surface area contributed by atoms with Gasteiger partial charge in [0.2, 0.25) is 5.71 Å². The zero-order valence-corrected chi connectivity index (χ0v) is 39.8. The van der Waals surface area contributed by atoms with Crippen LogP contribution in [0.2, 0.25) is 19.6 Å². The predicted molar refractivity (Wildman–Crippen MR) is 251 cm³/mol. The Bertz CT molecular complexity index is 3060. The van der Waals surface area contributed by atoms with E-state index in [9.17, 15) is 5.26 Å². The SMILES string of the molecule is CC(C)Cc1cc(-c2[c-]cccc2)ncc1[Si](C)(C)C.CC(C)c1cc2ccccc2c(C(C)C)c1-n1c(-c2[c-]ccc3c2oc2nc(C#N)ccc23)nc2ccccc21.[Ir]. The number of hydrogen-bond acceptors (Lipinski definition) is 5. The number of imidazole rings is 1. The van der Waals surface area contributed by atoms with Crippen LogP contribution in [0.25, 0.3) is 72.2 Å². The fourth-order valence-corrected chi connectivity index (χ4v) is 10.0. The van der Waals surface area contributed by atoms with Crippen molar-refractivity contribution in [3.05, 3.63) is 150 Å². The molecule has 309 valence electrons. The van der Waals surface area contributed by atoms with E-state index < -0.39 is 8.07 Å². The van der Waals surface area contributed by atoms with Gasteiger partial charge in [0, 0.05) is 37.4 Å². The molecule has 0 fully saturated rings.